The van der Waals surface area contributed by atoms with Crippen LogP contribution in [0.4, 0.5) is 0 Å². The molecule has 1 aliphatic carbocycles. The van der Waals surface area contributed by atoms with Crippen LogP contribution in [-0.4, -0.2) is 56.3 Å². The number of ether oxygens (including phenoxy) is 1. The van der Waals surface area contributed by atoms with Gasteiger partial charge in [0.2, 0.25) is 15.9 Å². The molecule has 1 N–H and O–H groups in total. The van der Waals surface area contributed by atoms with E-state index < -0.39 is 16.1 Å². The molecule has 0 aromatic rings. The molecule has 1 amide bonds. The lowest BCUT2D eigenvalue weighted by molar-refractivity contribution is -0.146. The minimum atomic E-state index is -3.39. The van der Waals surface area contributed by atoms with Crippen LogP contribution in [0.1, 0.15) is 47.5 Å². The third-order valence-corrected chi connectivity index (χ3v) is 6.46. The fraction of sp³-hybridized carbons (Fsp3) is 0.938. The quantitative estimate of drug-likeness (QED) is 0.816. The standard InChI is InChI=1S/C16H30N2O4S/c1-11(2)14(17-23(20,21)12-6-7-12)15(19)18-8-9-22-13(10-18)16(3,4)5/h11-14,17H,6-10H2,1-5H3/t13-,14+/m0/s1. The number of nitrogens with zero attached hydrogens (tertiary/aromatic N) is 1. The predicted octanol–water partition coefficient (Wildman–Crippen LogP) is 1.37. The van der Waals surface area contributed by atoms with E-state index in [1.165, 1.54) is 0 Å². The Morgan fingerprint density at radius 2 is 1.87 bits per heavy atom. The number of nitrogens with one attached hydrogen (secondary N) is 1. The Morgan fingerprint density at radius 3 is 2.35 bits per heavy atom. The molecule has 134 valence electrons. The molecule has 0 aromatic heterocycles. The molecule has 6 nitrogen and oxygen atoms in total. The molecule has 23 heavy (non-hydrogen) atoms. The van der Waals surface area contributed by atoms with Crippen LogP contribution in [0.2, 0.25) is 0 Å². The molecule has 7 heteroatoms. The lowest BCUT2D eigenvalue weighted by Crippen LogP contribution is -2.57. The van der Waals surface area contributed by atoms with Gasteiger partial charge in [-0.15, -0.1) is 0 Å². The zero-order valence-electron chi connectivity index (χ0n) is 14.8. The van der Waals surface area contributed by atoms with Crippen LogP contribution < -0.4 is 4.72 Å². The average Bonchev–Trinajstić information content (AvgIpc) is 3.28. The summed E-state index contributed by atoms with van der Waals surface area (Å²) in [6, 6.07) is -0.695. The highest BCUT2D eigenvalue weighted by Gasteiger charge is 2.41. The summed E-state index contributed by atoms with van der Waals surface area (Å²) in [4.78, 5) is 14.6. The molecule has 2 rings (SSSR count). The molecule has 2 atom stereocenters. The molecule has 1 saturated heterocycles. The Bertz CT molecular complexity index is 535. The molecule has 0 radical (unpaired) electrons. The van der Waals surface area contributed by atoms with Crippen molar-refractivity contribution >= 4 is 15.9 Å². The van der Waals surface area contributed by atoms with Crippen molar-refractivity contribution in [3.63, 3.8) is 0 Å². The Labute approximate surface area is 140 Å². The normalized spacial score (nSPS) is 24.8. The average molecular weight is 346 g/mol. The summed E-state index contributed by atoms with van der Waals surface area (Å²) in [6.45, 7) is 11.5. The summed E-state index contributed by atoms with van der Waals surface area (Å²) >= 11 is 0. The number of amides is 1. The van der Waals surface area contributed by atoms with Crippen LogP contribution in [0, 0.1) is 11.3 Å². The Balaban J connectivity index is 2.08. The maximum absolute atomic E-state index is 12.9. The van der Waals surface area contributed by atoms with Crippen molar-refractivity contribution in [1.29, 1.82) is 0 Å². The fourth-order valence-corrected chi connectivity index (χ4v) is 4.37. The van der Waals surface area contributed by atoms with E-state index >= 15 is 0 Å². The van der Waals surface area contributed by atoms with Gasteiger partial charge >= 0.3 is 0 Å². The maximum atomic E-state index is 12.9. The minimum Gasteiger partial charge on any atom is -0.374 e. The maximum Gasteiger partial charge on any atom is 0.241 e. The van der Waals surface area contributed by atoms with Crippen LogP contribution in [0.5, 0.6) is 0 Å². The number of carbonyl (C=O) groups excluding carboxylic acids is 1. The van der Waals surface area contributed by atoms with Gasteiger partial charge in [-0.3, -0.25) is 4.79 Å². The van der Waals surface area contributed by atoms with Crippen molar-refractivity contribution < 1.29 is 17.9 Å². The first-order valence-corrected chi connectivity index (χ1v) is 9.98. The molecule has 1 saturated carbocycles. The Kier molecular flexibility index (Phi) is 5.43. The molecule has 1 aliphatic heterocycles. The SMILES string of the molecule is CC(C)[C@@H](NS(=O)(=O)C1CC1)C(=O)N1CCO[C@H](C(C)(C)C)C1. The Morgan fingerprint density at radius 1 is 1.26 bits per heavy atom. The van der Waals surface area contributed by atoms with Crippen LogP contribution in [0.25, 0.3) is 0 Å². The lowest BCUT2D eigenvalue weighted by atomic mass is 9.88. The first-order valence-electron chi connectivity index (χ1n) is 8.44. The van der Waals surface area contributed by atoms with E-state index in [0.29, 0.717) is 32.5 Å². The molecule has 0 aromatic carbocycles. The third kappa shape index (κ3) is 4.67. The molecule has 1 heterocycles. The van der Waals surface area contributed by atoms with Gasteiger partial charge in [0, 0.05) is 13.1 Å². The summed E-state index contributed by atoms with van der Waals surface area (Å²) < 4.78 is 32.8. The summed E-state index contributed by atoms with van der Waals surface area (Å²) in [6.07, 6.45) is 1.35. The zero-order valence-corrected chi connectivity index (χ0v) is 15.6. The highest BCUT2D eigenvalue weighted by Crippen LogP contribution is 2.29. The topological polar surface area (TPSA) is 75.7 Å². The van der Waals surface area contributed by atoms with E-state index in [9.17, 15) is 13.2 Å². The summed E-state index contributed by atoms with van der Waals surface area (Å²) in [5, 5.41) is -0.316. The molecule has 2 fully saturated rings. The Hall–Kier alpha value is -0.660. The van der Waals surface area contributed by atoms with Crippen LogP contribution in [0.3, 0.4) is 0 Å². The highest BCUT2D eigenvalue weighted by atomic mass is 32.2. The van der Waals surface area contributed by atoms with Gasteiger partial charge in [-0.25, -0.2) is 13.1 Å². The fourth-order valence-electron chi connectivity index (χ4n) is 2.69. The number of carbonyl (C=O) groups is 1. The molecule has 0 spiro atoms. The number of hydrogen-bond donors (Lipinski definition) is 1. The first-order chi connectivity index (χ1) is 10.5. The number of sulfonamides is 1. The second-order valence-electron chi connectivity index (χ2n) is 8.09. The van der Waals surface area contributed by atoms with E-state index in [1.807, 2.05) is 13.8 Å². The van der Waals surface area contributed by atoms with E-state index in [1.54, 1.807) is 4.90 Å². The van der Waals surface area contributed by atoms with E-state index in [-0.39, 0.29) is 28.6 Å². The lowest BCUT2D eigenvalue weighted by Gasteiger charge is -2.41. The van der Waals surface area contributed by atoms with Gasteiger partial charge in [0.15, 0.2) is 0 Å². The molecule has 2 aliphatic rings. The van der Waals surface area contributed by atoms with Crippen LogP contribution in [0.15, 0.2) is 0 Å². The van der Waals surface area contributed by atoms with Crippen molar-refractivity contribution in [2.45, 2.75) is 64.9 Å². The van der Waals surface area contributed by atoms with Gasteiger partial charge in [0.25, 0.3) is 0 Å². The van der Waals surface area contributed by atoms with Crippen molar-refractivity contribution in [3.8, 4) is 0 Å². The monoisotopic (exact) mass is 346 g/mol. The number of hydrogen-bond acceptors (Lipinski definition) is 4. The van der Waals surface area contributed by atoms with Gasteiger partial charge in [-0.1, -0.05) is 34.6 Å². The molecular formula is C16H30N2O4S. The molecular weight excluding hydrogens is 316 g/mol. The zero-order chi connectivity index (χ0) is 17.4. The predicted molar refractivity (Wildman–Crippen MR) is 89.5 cm³/mol. The van der Waals surface area contributed by atoms with Gasteiger partial charge < -0.3 is 9.64 Å². The van der Waals surface area contributed by atoms with Gasteiger partial charge in [0.1, 0.15) is 6.04 Å². The van der Waals surface area contributed by atoms with Gasteiger partial charge in [0.05, 0.1) is 18.0 Å². The third-order valence-electron chi connectivity index (χ3n) is 4.53. The number of morpholine rings is 1. The second kappa shape index (κ2) is 6.69. The first kappa shape index (κ1) is 18.7. The van der Waals surface area contributed by atoms with E-state index in [4.69, 9.17) is 4.74 Å². The van der Waals surface area contributed by atoms with Crippen LogP contribution in [-0.2, 0) is 19.6 Å². The molecule has 0 bridgehead atoms. The second-order valence-corrected chi connectivity index (χ2v) is 10.1. The molecule has 0 unspecified atom stereocenters. The highest BCUT2D eigenvalue weighted by molar-refractivity contribution is 7.90. The largest absolute Gasteiger partial charge is 0.374 e. The van der Waals surface area contributed by atoms with E-state index in [2.05, 4.69) is 25.5 Å². The van der Waals surface area contributed by atoms with Crippen molar-refractivity contribution in [2.24, 2.45) is 11.3 Å². The van der Waals surface area contributed by atoms with E-state index in [0.717, 1.165) is 0 Å². The van der Waals surface area contributed by atoms with Crippen molar-refractivity contribution in [1.82, 2.24) is 9.62 Å². The van der Waals surface area contributed by atoms with Crippen molar-refractivity contribution in [2.75, 3.05) is 19.7 Å². The summed E-state index contributed by atoms with van der Waals surface area (Å²) in [5.74, 6) is -0.228. The van der Waals surface area contributed by atoms with Crippen LogP contribution >= 0.6 is 0 Å². The van der Waals surface area contributed by atoms with Gasteiger partial charge in [-0.2, -0.15) is 0 Å². The van der Waals surface area contributed by atoms with Gasteiger partial charge in [-0.05, 0) is 24.2 Å². The number of rotatable bonds is 5. The summed E-state index contributed by atoms with van der Waals surface area (Å²) in [7, 11) is -3.39. The summed E-state index contributed by atoms with van der Waals surface area (Å²) in [5.41, 5.74) is -0.0558. The smallest absolute Gasteiger partial charge is 0.241 e. The van der Waals surface area contributed by atoms with Crippen molar-refractivity contribution in [3.05, 3.63) is 0 Å². The minimum absolute atomic E-state index is 0.0342.